The topological polar surface area (TPSA) is 42.7 Å². The molecule has 0 aliphatic heterocycles. The molecule has 2 heterocycles. The summed E-state index contributed by atoms with van der Waals surface area (Å²) in [6.07, 6.45) is 5.89. The fourth-order valence-electron chi connectivity index (χ4n) is 2.23. The Balaban J connectivity index is 2.32. The lowest BCUT2D eigenvalue weighted by Crippen LogP contribution is -2.35. The van der Waals surface area contributed by atoms with Gasteiger partial charge in [0.2, 0.25) is 0 Å². The number of aromatic nitrogens is 3. The quantitative estimate of drug-likeness (QED) is 0.916. The highest BCUT2D eigenvalue weighted by Crippen LogP contribution is 2.14. The summed E-state index contributed by atoms with van der Waals surface area (Å²) in [5.41, 5.74) is 2.53. The Hall–Kier alpha value is -1.68. The predicted molar refractivity (Wildman–Crippen MR) is 86.7 cm³/mol. The van der Waals surface area contributed by atoms with Crippen molar-refractivity contribution in [2.45, 2.75) is 59.5 Å². The largest absolute Gasteiger partial charge is 0.308 e. The van der Waals surface area contributed by atoms with E-state index >= 15 is 0 Å². The van der Waals surface area contributed by atoms with Gasteiger partial charge >= 0.3 is 0 Å². The van der Waals surface area contributed by atoms with Crippen LogP contribution >= 0.6 is 0 Å². The molecule has 1 N–H and O–H groups in total. The van der Waals surface area contributed by atoms with Crippen molar-refractivity contribution in [1.82, 2.24) is 19.9 Å². The number of nitrogens with one attached hydrogen (secondary N) is 1. The minimum atomic E-state index is 0.110. The van der Waals surface area contributed by atoms with E-state index in [4.69, 9.17) is 4.98 Å². The van der Waals surface area contributed by atoms with Crippen LogP contribution in [0.15, 0.2) is 24.5 Å². The van der Waals surface area contributed by atoms with Crippen molar-refractivity contribution >= 4 is 0 Å². The zero-order chi connectivity index (χ0) is 15.5. The lowest BCUT2D eigenvalue weighted by molar-refractivity contribution is 0.424. The van der Waals surface area contributed by atoms with Crippen molar-refractivity contribution in [1.29, 1.82) is 0 Å². The van der Waals surface area contributed by atoms with Gasteiger partial charge in [0.15, 0.2) is 0 Å². The van der Waals surface area contributed by atoms with Crippen molar-refractivity contribution in [3.63, 3.8) is 0 Å². The number of aryl methyl sites for hydroxylation is 2. The average molecular weight is 286 g/mol. The van der Waals surface area contributed by atoms with Crippen LogP contribution in [0.5, 0.6) is 0 Å². The number of pyridine rings is 1. The van der Waals surface area contributed by atoms with Crippen LogP contribution in [-0.4, -0.2) is 20.1 Å². The Morgan fingerprint density at radius 3 is 2.57 bits per heavy atom. The van der Waals surface area contributed by atoms with E-state index in [1.165, 1.54) is 5.56 Å². The van der Waals surface area contributed by atoms with Gasteiger partial charge in [0.25, 0.3) is 0 Å². The molecule has 0 saturated heterocycles. The van der Waals surface area contributed by atoms with E-state index in [-0.39, 0.29) is 5.54 Å². The first kappa shape index (κ1) is 15.7. The van der Waals surface area contributed by atoms with Gasteiger partial charge in [0.1, 0.15) is 11.6 Å². The first-order valence-corrected chi connectivity index (χ1v) is 7.64. The molecular weight excluding hydrogens is 260 g/mol. The monoisotopic (exact) mass is 286 g/mol. The van der Waals surface area contributed by atoms with Crippen LogP contribution in [0.1, 0.15) is 51.2 Å². The van der Waals surface area contributed by atoms with Gasteiger partial charge in [-0.2, -0.15) is 0 Å². The van der Waals surface area contributed by atoms with Gasteiger partial charge < -0.3 is 5.32 Å². The molecule has 2 rings (SSSR count). The maximum Gasteiger partial charge on any atom is 0.138 e. The standard InChI is InChI=1S/C17H26N4/c1-6-7-15-10-14(12-19-17(3,4)5)11-16(20-15)21-9-8-18-13(21)2/h8-11,19H,6-7,12H2,1-5H3. The number of hydrogen-bond acceptors (Lipinski definition) is 3. The number of imidazole rings is 1. The summed E-state index contributed by atoms with van der Waals surface area (Å²) in [7, 11) is 0. The second-order valence-corrected chi connectivity index (χ2v) is 6.52. The highest BCUT2D eigenvalue weighted by Gasteiger charge is 2.11. The molecule has 0 aliphatic rings. The fourth-order valence-corrected chi connectivity index (χ4v) is 2.23. The molecule has 0 aliphatic carbocycles. The minimum absolute atomic E-state index is 0.110. The third-order valence-corrected chi connectivity index (χ3v) is 3.33. The third kappa shape index (κ3) is 4.39. The molecule has 0 unspecified atom stereocenters. The smallest absolute Gasteiger partial charge is 0.138 e. The molecule has 0 aromatic carbocycles. The molecule has 0 bridgehead atoms. The third-order valence-electron chi connectivity index (χ3n) is 3.33. The van der Waals surface area contributed by atoms with Crippen LogP contribution in [0.2, 0.25) is 0 Å². The Labute approximate surface area is 127 Å². The van der Waals surface area contributed by atoms with E-state index in [2.05, 4.69) is 50.1 Å². The molecule has 2 aromatic rings. The van der Waals surface area contributed by atoms with Gasteiger partial charge in [-0.25, -0.2) is 9.97 Å². The van der Waals surface area contributed by atoms with Crippen molar-refractivity contribution in [3.05, 3.63) is 41.6 Å². The van der Waals surface area contributed by atoms with Crippen molar-refractivity contribution < 1.29 is 0 Å². The first-order chi connectivity index (χ1) is 9.89. The van der Waals surface area contributed by atoms with E-state index in [9.17, 15) is 0 Å². The van der Waals surface area contributed by atoms with Crippen LogP contribution < -0.4 is 5.32 Å². The van der Waals surface area contributed by atoms with Gasteiger partial charge in [-0.05, 0) is 51.8 Å². The lowest BCUT2D eigenvalue weighted by atomic mass is 10.1. The van der Waals surface area contributed by atoms with Crippen LogP contribution in [0.3, 0.4) is 0 Å². The molecule has 21 heavy (non-hydrogen) atoms. The molecule has 0 spiro atoms. The van der Waals surface area contributed by atoms with E-state index < -0.39 is 0 Å². The molecule has 0 amide bonds. The molecule has 0 atom stereocenters. The Kier molecular flexibility index (Phi) is 4.78. The summed E-state index contributed by atoms with van der Waals surface area (Å²) in [5, 5.41) is 3.54. The first-order valence-electron chi connectivity index (χ1n) is 7.64. The van der Waals surface area contributed by atoms with E-state index in [1.54, 1.807) is 0 Å². The maximum atomic E-state index is 4.77. The van der Waals surface area contributed by atoms with E-state index in [1.807, 2.05) is 23.9 Å². The van der Waals surface area contributed by atoms with Crippen LogP contribution in [0.4, 0.5) is 0 Å². The number of hydrogen-bond donors (Lipinski definition) is 1. The second-order valence-electron chi connectivity index (χ2n) is 6.52. The van der Waals surface area contributed by atoms with Crippen molar-refractivity contribution in [3.8, 4) is 5.82 Å². The minimum Gasteiger partial charge on any atom is -0.308 e. The van der Waals surface area contributed by atoms with Gasteiger partial charge in [-0.3, -0.25) is 4.57 Å². The van der Waals surface area contributed by atoms with Gasteiger partial charge in [0, 0.05) is 30.2 Å². The van der Waals surface area contributed by atoms with Gasteiger partial charge in [-0.15, -0.1) is 0 Å². The summed E-state index contributed by atoms with van der Waals surface area (Å²) in [4.78, 5) is 9.06. The Morgan fingerprint density at radius 1 is 1.24 bits per heavy atom. The highest BCUT2D eigenvalue weighted by atomic mass is 15.1. The highest BCUT2D eigenvalue weighted by molar-refractivity contribution is 5.32. The van der Waals surface area contributed by atoms with Gasteiger partial charge in [0.05, 0.1) is 0 Å². The van der Waals surface area contributed by atoms with E-state index in [0.29, 0.717) is 0 Å². The van der Waals surface area contributed by atoms with Crippen LogP contribution in [-0.2, 0) is 13.0 Å². The normalized spacial score (nSPS) is 11.9. The van der Waals surface area contributed by atoms with Crippen molar-refractivity contribution in [2.75, 3.05) is 0 Å². The molecule has 0 radical (unpaired) electrons. The summed E-state index contributed by atoms with van der Waals surface area (Å²) in [6, 6.07) is 4.35. The summed E-state index contributed by atoms with van der Waals surface area (Å²) in [6.45, 7) is 11.6. The zero-order valence-electron chi connectivity index (χ0n) is 13.8. The number of nitrogens with zero attached hydrogens (tertiary/aromatic N) is 3. The molecule has 0 saturated carbocycles. The Bertz CT molecular complexity index is 593. The molecule has 2 aromatic heterocycles. The summed E-state index contributed by atoms with van der Waals surface area (Å²) in [5.74, 6) is 1.92. The molecular formula is C17H26N4. The average Bonchev–Trinajstić information content (AvgIpc) is 2.82. The van der Waals surface area contributed by atoms with Gasteiger partial charge in [-0.1, -0.05) is 13.3 Å². The van der Waals surface area contributed by atoms with E-state index in [0.717, 1.165) is 36.7 Å². The van der Waals surface area contributed by atoms with Crippen molar-refractivity contribution in [2.24, 2.45) is 0 Å². The number of rotatable bonds is 5. The fraction of sp³-hybridized carbons (Fsp3) is 0.529. The summed E-state index contributed by atoms with van der Waals surface area (Å²) >= 11 is 0. The predicted octanol–water partition coefficient (Wildman–Crippen LogP) is 3.42. The van der Waals surface area contributed by atoms with Crippen LogP contribution in [0.25, 0.3) is 5.82 Å². The molecule has 114 valence electrons. The zero-order valence-corrected chi connectivity index (χ0v) is 13.8. The summed E-state index contributed by atoms with van der Waals surface area (Å²) < 4.78 is 2.04. The molecule has 0 fully saturated rings. The van der Waals surface area contributed by atoms with Crippen LogP contribution in [0, 0.1) is 6.92 Å². The lowest BCUT2D eigenvalue weighted by Gasteiger charge is -2.21. The second kappa shape index (κ2) is 6.39. The molecule has 4 nitrogen and oxygen atoms in total. The Morgan fingerprint density at radius 2 is 2.00 bits per heavy atom. The SMILES string of the molecule is CCCc1cc(CNC(C)(C)C)cc(-n2ccnc2C)n1. The maximum absolute atomic E-state index is 4.77. The molecule has 4 heteroatoms.